The van der Waals surface area contributed by atoms with Crippen LogP contribution in [-0.4, -0.2) is 73.3 Å². The SMILES string of the molecule is CN(c1cnccn1)S(=O)(=O)CCCS(=O)(=O)N1C[C@@H]2C[C@H]1CS2. The molecule has 2 saturated heterocycles. The predicted octanol–water partition coefficient (Wildman–Crippen LogP) is 0.152. The summed E-state index contributed by atoms with van der Waals surface area (Å²) >= 11 is 1.82. The molecule has 2 aliphatic heterocycles. The maximum Gasteiger partial charge on any atom is 0.236 e. The van der Waals surface area contributed by atoms with Crippen LogP contribution in [0, 0.1) is 0 Å². The maximum atomic E-state index is 12.4. The van der Waals surface area contributed by atoms with Crippen LogP contribution in [0.2, 0.25) is 0 Å². The molecule has 0 radical (unpaired) electrons. The normalized spacial score (nSPS) is 24.4. The fourth-order valence-corrected chi connectivity index (χ4v) is 7.71. The summed E-state index contributed by atoms with van der Waals surface area (Å²) in [5.41, 5.74) is 0. The molecule has 0 aromatic carbocycles. The first kappa shape index (κ1) is 17.9. The monoisotopic (exact) mass is 392 g/mol. The van der Waals surface area contributed by atoms with Crippen molar-refractivity contribution in [1.82, 2.24) is 14.3 Å². The van der Waals surface area contributed by atoms with Gasteiger partial charge < -0.3 is 0 Å². The summed E-state index contributed by atoms with van der Waals surface area (Å²) in [6, 6.07) is 0.0869. The van der Waals surface area contributed by atoms with E-state index in [9.17, 15) is 16.8 Å². The van der Waals surface area contributed by atoms with Crippen LogP contribution in [-0.2, 0) is 20.0 Å². The summed E-state index contributed by atoms with van der Waals surface area (Å²) in [5, 5.41) is 0.399. The van der Waals surface area contributed by atoms with Crippen LogP contribution in [0.5, 0.6) is 0 Å². The van der Waals surface area contributed by atoms with Crippen molar-refractivity contribution in [2.24, 2.45) is 0 Å². The molecule has 0 aliphatic carbocycles. The van der Waals surface area contributed by atoms with Crippen LogP contribution in [0.25, 0.3) is 0 Å². The standard InChI is InChI=1S/C13H20N4O4S3/c1-16(13-8-14-3-4-15-13)23(18,19)5-2-6-24(20,21)17-9-12-7-11(17)10-22-12/h3-4,8,11-12H,2,5-7,9-10H2,1H3/t11-,12-/m0/s1. The molecule has 2 fully saturated rings. The van der Waals surface area contributed by atoms with E-state index in [0.717, 1.165) is 16.5 Å². The van der Waals surface area contributed by atoms with Crippen molar-refractivity contribution >= 4 is 37.6 Å². The Bertz CT molecular complexity index is 785. The summed E-state index contributed by atoms with van der Waals surface area (Å²) in [6.07, 6.45) is 5.20. The first-order chi connectivity index (χ1) is 11.3. The molecule has 2 aliphatic rings. The van der Waals surface area contributed by atoms with Crippen LogP contribution >= 0.6 is 11.8 Å². The van der Waals surface area contributed by atoms with Crippen LogP contribution in [0.3, 0.4) is 0 Å². The van der Waals surface area contributed by atoms with Gasteiger partial charge in [0.25, 0.3) is 0 Å². The molecule has 24 heavy (non-hydrogen) atoms. The van der Waals surface area contributed by atoms with Crippen molar-refractivity contribution in [1.29, 1.82) is 0 Å². The van der Waals surface area contributed by atoms with Crippen LogP contribution in [0.15, 0.2) is 18.6 Å². The van der Waals surface area contributed by atoms with Gasteiger partial charge in [-0.3, -0.25) is 9.29 Å². The largest absolute Gasteiger partial charge is 0.259 e. The molecule has 3 heterocycles. The lowest BCUT2D eigenvalue weighted by atomic mass is 10.3. The highest BCUT2D eigenvalue weighted by molar-refractivity contribution is 8.00. The second-order valence-electron chi connectivity index (χ2n) is 5.93. The van der Waals surface area contributed by atoms with Crippen LogP contribution < -0.4 is 4.31 Å². The molecule has 3 rings (SSSR count). The molecule has 8 nitrogen and oxygen atoms in total. The van der Waals surface area contributed by atoms with Gasteiger partial charge in [0, 0.05) is 43.0 Å². The van der Waals surface area contributed by atoms with E-state index < -0.39 is 20.0 Å². The molecule has 11 heteroatoms. The van der Waals surface area contributed by atoms with E-state index in [1.807, 2.05) is 11.8 Å². The number of aromatic nitrogens is 2. The van der Waals surface area contributed by atoms with E-state index in [-0.39, 0.29) is 29.8 Å². The Balaban J connectivity index is 1.57. The lowest BCUT2D eigenvalue weighted by Crippen LogP contribution is -2.41. The van der Waals surface area contributed by atoms with Gasteiger partial charge in [-0.05, 0) is 12.8 Å². The highest BCUT2D eigenvalue weighted by atomic mass is 32.2. The third-order valence-electron chi connectivity index (χ3n) is 4.30. The van der Waals surface area contributed by atoms with Gasteiger partial charge in [0.2, 0.25) is 20.0 Å². The smallest absolute Gasteiger partial charge is 0.236 e. The van der Waals surface area contributed by atoms with E-state index in [4.69, 9.17) is 0 Å². The van der Waals surface area contributed by atoms with E-state index in [0.29, 0.717) is 11.8 Å². The van der Waals surface area contributed by atoms with Crippen molar-refractivity contribution in [3.05, 3.63) is 18.6 Å². The molecular formula is C13H20N4O4S3. The van der Waals surface area contributed by atoms with Gasteiger partial charge in [-0.2, -0.15) is 16.1 Å². The summed E-state index contributed by atoms with van der Waals surface area (Å²) < 4.78 is 52.1. The fraction of sp³-hybridized carbons (Fsp3) is 0.692. The Hall–Kier alpha value is -0.910. The molecular weight excluding hydrogens is 372 g/mol. The Labute approximate surface area is 146 Å². The van der Waals surface area contributed by atoms with E-state index in [1.54, 1.807) is 4.31 Å². The molecule has 1 aromatic heterocycles. The van der Waals surface area contributed by atoms with Crippen molar-refractivity contribution in [2.45, 2.75) is 24.1 Å². The number of rotatable bonds is 7. The zero-order chi connectivity index (χ0) is 17.4. The van der Waals surface area contributed by atoms with Gasteiger partial charge in [0.15, 0.2) is 5.82 Å². The summed E-state index contributed by atoms with van der Waals surface area (Å²) in [4.78, 5) is 7.79. The second kappa shape index (κ2) is 6.77. The first-order valence-corrected chi connectivity index (χ1v) is 11.9. The van der Waals surface area contributed by atoms with Crippen molar-refractivity contribution in [3.63, 3.8) is 0 Å². The molecule has 0 amide bonds. The van der Waals surface area contributed by atoms with Crippen molar-refractivity contribution < 1.29 is 16.8 Å². The average Bonchev–Trinajstić information content (AvgIpc) is 3.18. The highest BCUT2D eigenvalue weighted by Crippen LogP contribution is 2.39. The Kier molecular flexibility index (Phi) is 5.05. The summed E-state index contributed by atoms with van der Waals surface area (Å²) in [7, 11) is -5.63. The highest BCUT2D eigenvalue weighted by Gasteiger charge is 2.44. The topological polar surface area (TPSA) is 101 Å². The number of nitrogens with zero attached hydrogens (tertiary/aromatic N) is 4. The van der Waals surface area contributed by atoms with Gasteiger partial charge in [0.1, 0.15) is 0 Å². The van der Waals surface area contributed by atoms with E-state index in [1.165, 1.54) is 25.6 Å². The summed E-state index contributed by atoms with van der Waals surface area (Å²) in [5.74, 6) is 0.677. The lowest BCUT2D eigenvalue weighted by Gasteiger charge is -2.26. The molecule has 134 valence electrons. The maximum absolute atomic E-state index is 12.4. The number of anilines is 1. The van der Waals surface area contributed by atoms with Crippen LogP contribution in [0.1, 0.15) is 12.8 Å². The zero-order valence-corrected chi connectivity index (χ0v) is 15.7. The third-order valence-corrected chi connectivity index (χ3v) is 9.48. The predicted molar refractivity (Wildman–Crippen MR) is 94.0 cm³/mol. The van der Waals surface area contributed by atoms with E-state index in [2.05, 4.69) is 9.97 Å². The second-order valence-corrected chi connectivity index (χ2v) is 11.4. The molecule has 0 N–H and O–H groups in total. The van der Waals surface area contributed by atoms with Gasteiger partial charge >= 0.3 is 0 Å². The van der Waals surface area contributed by atoms with Gasteiger partial charge in [0.05, 0.1) is 17.7 Å². The quantitative estimate of drug-likeness (QED) is 0.651. The average molecular weight is 393 g/mol. The lowest BCUT2D eigenvalue weighted by molar-refractivity contribution is 0.409. The Morgan fingerprint density at radius 3 is 2.67 bits per heavy atom. The number of fused-ring (bicyclic) bond motifs is 2. The van der Waals surface area contributed by atoms with Crippen molar-refractivity contribution in [3.8, 4) is 0 Å². The third kappa shape index (κ3) is 3.68. The molecule has 0 unspecified atom stereocenters. The molecule has 0 spiro atoms. The molecule has 0 saturated carbocycles. The minimum absolute atomic E-state index is 0.0658. The summed E-state index contributed by atoms with van der Waals surface area (Å²) in [6.45, 7) is 0.559. The molecule has 2 bridgehead atoms. The number of thioether (sulfide) groups is 1. The van der Waals surface area contributed by atoms with Gasteiger partial charge in [-0.15, -0.1) is 0 Å². The fourth-order valence-electron chi connectivity index (χ4n) is 2.98. The van der Waals surface area contributed by atoms with Crippen LogP contribution in [0.4, 0.5) is 5.82 Å². The first-order valence-electron chi connectivity index (χ1n) is 7.63. The zero-order valence-electron chi connectivity index (χ0n) is 13.3. The molecule has 2 atom stereocenters. The Morgan fingerprint density at radius 1 is 1.29 bits per heavy atom. The number of hydrogen-bond acceptors (Lipinski definition) is 7. The number of sulfonamides is 2. The van der Waals surface area contributed by atoms with Gasteiger partial charge in [-0.25, -0.2) is 21.8 Å². The van der Waals surface area contributed by atoms with Crippen molar-refractivity contribution in [2.75, 3.05) is 35.2 Å². The van der Waals surface area contributed by atoms with Gasteiger partial charge in [-0.1, -0.05) is 0 Å². The molecule has 1 aromatic rings. The van der Waals surface area contributed by atoms with E-state index >= 15 is 0 Å². The minimum atomic E-state index is -3.63. The minimum Gasteiger partial charge on any atom is -0.259 e. The Morgan fingerprint density at radius 2 is 2.08 bits per heavy atom. The number of hydrogen-bond donors (Lipinski definition) is 0.